The van der Waals surface area contributed by atoms with E-state index in [9.17, 15) is 19.5 Å². The Kier molecular flexibility index (Phi) is 7.85. The summed E-state index contributed by atoms with van der Waals surface area (Å²) >= 11 is 0. The van der Waals surface area contributed by atoms with Crippen molar-refractivity contribution in [1.29, 1.82) is 0 Å². The molecular weight excluding hydrogens is 396 g/mol. The summed E-state index contributed by atoms with van der Waals surface area (Å²) in [6.07, 6.45) is 4.97. The number of amides is 2. The van der Waals surface area contributed by atoms with E-state index in [-0.39, 0.29) is 43.5 Å². The molecule has 2 N–H and O–H groups in total. The van der Waals surface area contributed by atoms with Gasteiger partial charge in [0.25, 0.3) is 0 Å². The van der Waals surface area contributed by atoms with Gasteiger partial charge >= 0.3 is 5.97 Å². The van der Waals surface area contributed by atoms with Gasteiger partial charge in [-0.2, -0.15) is 0 Å². The number of benzene rings is 1. The van der Waals surface area contributed by atoms with E-state index in [1.165, 1.54) is 0 Å². The van der Waals surface area contributed by atoms with Crippen LogP contribution in [0.3, 0.4) is 0 Å². The summed E-state index contributed by atoms with van der Waals surface area (Å²) in [5.41, 5.74) is 0.966. The van der Waals surface area contributed by atoms with Crippen LogP contribution < -0.4 is 5.32 Å². The van der Waals surface area contributed by atoms with Crippen molar-refractivity contribution in [3.05, 3.63) is 48.0 Å². The maximum absolute atomic E-state index is 13.4. The first-order chi connectivity index (χ1) is 15.0. The van der Waals surface area contributed by atoms with Crippen LogP contribution in [0.1, 0.15) is 32.3 Å². The lowest BCUT2D eigenvalue weighted by atomic mass is 9.69. The van der Waals surface area contributed by atoms with E-state index >= 15 is 0 Å². The highest BCUT2D eigenvalue weighted by Crippen LogP contribution is 2.45. The van der Waals surface area contributed by atoms with Crippen LogP contribution in [0.2, 0.25) is 0 Å². The van der Waals surface area contributed by atoms with E-state index in [2.05, 4.69) is 5.32 Å². The summed E-state index contributed by atoms with van der Waals surface area (Å²) in [4.78, 5) is 41.0. The molecule has 5 atom stereocenters. The number of rotatable bonds is 9. The number of fused-ring (bicyclic) bond motifs is 1. The Morgan fingerprint density at radius 3 is 2.55 bits per heavy atom. The average molecular weight is 429 g/mol. The minimum Gasteiger partial charge on any atom is -0.466 e. The quantitative estimate of drug-likeness (QED) is 0.463. The van der Waals surface area contributed by atoms with Crippen molar-refractivity contribution < 1.29 is 24.2 Å². The van der Waals surface area contributed by atoms with Crippen LogP contribution in [0.5, 0.6) is 0 Å². The Morgan fingerprint density at radius 1 is 1.16 bits per heavy atom. The van der Waals surface area contributed by atoms with Crippen LogP contribution in [0.25, 0.3) is 0 Å². The van der Waals surface area contributed by atoms with Crippen molar-refractivity contribution in [3.8, 4) is 0 Å². The number of allylic oxidation sites excluding steroid dienone is 1. The molecule has 31 heavy (non-hydrogen) atoms. The molecule has 0 saturated carbocycles. The molecule has 3 rings (SSSR count). The van der Waals surface area contributed by atoms with E-state index < -0.39 is 23.8 Å². The Bertz CT molecular complexity index is 809. The number of nitrogens with one attached hydrogen (secondary N) is 1. The number of hydrogen-bond donors (Lipinski definition) is 2. The minimum absolute atomic E-state index is 0.0772. The van der Waals surface area contributed by atoms with E-state index in [0.717, 1.165) is 5.56 Å². The topological polar surface area (TPSA) is 95.9 Å². The number of ether oxygens (including phenoxy) is 1. The Balaban J connectivity index is 1.88. The number of likely N-dealkylation sites (tertiary alicyclic amines) is 1. The molecule has 1 saturated heterocycles. The number of nitrogens with zero attached hydrogens (tertiary/aromatic N) is 1. The fourth-order valence-electron chi connectivity index (χ4n) is 4.82. The second-order valence-corrected chi connectivity index (χ2v) is 8.10. The second kappa shape index (κ2) is 10.6. The lowest BCUT2D eigenvalue weighted by molar-refractivity contribution is -0.155. The standard InChI is InChI=1S/C24H32N2O5/c1-3-17-11-12-18-20(19(17)24(30)31-4-2)23(29)26(13-8-14-27)21(18)22(28)25-15-16-9-6-5-7-10-16/h5-7,9-12,17-21,27H,3-4,8,13-15H2,1-2H3,(H,25,28)/t17-,18+,19-,20+,21+/m1/s1. The number of carbonyl (C=O) groups excluding carboxylic acids is 3. The Hall–Kier alpha value is -2.67. The summed E-state index contributed by atoms with van der Waals surface area (Å²) in [7, 11) is 0. The molecule has 2 amide bonds. The summed E-state index contributed by atoms with van der Waals surface area (Å²) in [5, 5.41) is 12.3. The molecule has 0 radical (unpaired) electrons. The van der Waals surface area contributed by atoms with Crippen LogP contribution in [0, 0.1) is 23.7 Å². The van der Waals surface area contributed by atoms with Crippen molar-refractivity contribution in [1.82, 2.24) is 10.2 Å². The molecule has 0 spiro atoms. The van der Waals surface area contributed by atoms with Gasteiger partial charge in [-0.3, -0.25) is 14.4 Å². The Labute approximate surface area is 183 Å². The number of esters is 1. The minimum atomic E-state index is -0.709. The molecule has 1 aromatic rings. The van der Waals surface area contributed by atoms with Gasteiger partial charge in [0.15, 0.2) is 0 Å². The molecule has 0 aromatic heterocycles. The molecule has 1 fully saturated rings. The van der Waals surface area contributed by atoms with Crippen LogP contribution in [0.4, 0.5) is 0 Å². The first-order valence-electron chi connectivity index (χ1n) is 11.1. The molecule has 1 aliphatic heterocycles. The smallest absolute Gasteiger partial charge is 0.310 e. The van der Waals surface area contributed by atoms with E-state index in [4.69, 9.17) is 4.74 Å². The highest BCUT2D eigenvalue weighted by Gasteiger charge is 2.57. The van der Waals surface area contributed by atoms with E-state index in [0.29, 0.717) is 19.4 Å². The zero-order chi connectivity index (χ0) is 22.4. The fraction of sp³-hybridized carbons (Fsp3) is 0.542. The molecular formula is C24H32N2O5. The van der Waals surface area contributed by atoms with Crippen molar-refractivity contribution >= 4 is 17.8 Å². The zero-order valence-corrected chi connectivity index (χ0v) is 18.2. The van der Waals surface area contributed by atoms with Crippen LogP contribution >= 0.6 is 0 Å². The maximum Gasteiger partial charge on any atom is 0.310 e. The fourth-order valence-corrected chi connectivity index (χ4v) is 4.82. The molecule has 7 heteroatoms. The number of aliphatic hydroxyl groups excluding tert-OH is 1. The van der Waals surface area contributed by atoms with Gasteiger partial charge in [-0.05, 0) is 31.2 Å². The summed E-state index contributed by atoms with van der Waals surface area (Å²) in [5.74, 6) is -2.57. The summed E-state index contributed by atoms with van der Waals surface area (Å²) < 4.78 is 5.30. The maximum atomic E-state index is 13.4. The Morgan fingerprint density at radius 2 is 1.90 bits per heavy atom. The van der Waals surface area contributed by atoms with E-state index in [1.807, 2.05) is 49.4 Å². The van der Waals surface area contributed by atoms with Crippen molar-refractivity contribution in [2.24, 2.45) is 23.7 Å². The molecule has 0 unspecified atom stereocenters. The van der Waals surface area contributed by atoms with Crippen molar-refractivity contribution in [2.75, 3.05) is 19.8 Å². The molecule has 1 heterocycles. The van der Waals surface area contributed by atoms with Gasteiger partial charge in [0.05, 0.1) is 18.4 Å². The number of hydrogen-bond acceptors (Lipinski definition) is 5. The second-order valence-electron chi connectivity index (χ2n) is 8.10. The highest BCUT2D eigenvalue weighted by molar-refractivity contribution is 5.96. The predicted octanol–water partition coefficient (Wildman–Crippen LogP) is 1.90. The molecule has 168 valence electrons. The lowest BCUT2D eigenvalue weighted by Crippen LogP contribution is -2.47. The normalized spacial score (nSPS) is 27.1. The van der Waals surface area contributed by atoms with Gasteiger partial charge in [-0.15, -0.1) is 0 Å². The van der Waals surface area contributed by atoms with Gasteiger partial charge < -0.3 is 20.1 Å². The van der Waals surface area contributed by atoms with E-state index in [1.54, 1.807) is 11.8 Å². The highest BCUT2D eigenvalue weighted by atomic mass is 16.5. The average Bonchev–Trinajstić information content (AvgIpc) is 3.07. The SMILES string of the molecule is CCOC(=O)[C@H]1[C@H]2C(=O)N(CCCO)[C@H](C(=O)NCc3ccccc3)[C@H]2C=C[C@H]1CC. The van der Waals surface area contributed by atoms with Gasteiger partial charge in [0.1, 0.15) is 6.04 Å². The summed E-state index contributed by atoms with van der Waals surface area (Å²) in [6.45, 7) is 4.53. The number of carbonyl (C=O) groups is 3. The first-order valence-corrected chi connectivity index (χ1v) is 11.1. The summed E-state index contributed by atoms with van der Waals surface area (Å²) in [6, 6.07) is 8.87. The third-order valence-electron chi connectivity index (χ3n) is 6.28. The van der Waals surface area contributed by atoms with Gasteiger partial charge in [0, 0.05) is 25.6 Å². The third-order valence-corrected chi connectivity index (χ3v) is 6.28. The van der Waals surface area contributed by atoms with Crippen LogP contribution in [-0.2, 0) is 25.7 Å². The molecule has 0 bridgehead atoms. The molecule has 7 nitrogen and oxygen atoms in total. The van der Waals surface area contributed by atoms with Gasteiger partial charge in [0.2, 0.25) is 11.8 Å². The molecule has 1 aliphatic carbocycles. The monoisotopic (exact) mass is 428 g/mol. The van der Waals surface area contributed by atoms with Gasteiger partial charge in [-0.25, -0.2) is 0 Å². The van der Waals surface area contributed by atoms with Crippen LogP contribution in [0.15, 0.2) is 42.5 Å². The first kappa shape index (κ1) is 23.0. The zero-order valence-electron chi connectivity index (χ0n) is 18.2. The number of aliphatic hydroxyl groups is 1. The predicted molar refractivity (Wildman–Crippen MR) is 116 cm³/mol. The van der Waals surface area contributed by atoms with Crippen molar-refractivity contribution in [2.45, 2.75) is 39.3 Å². The lowest BCUT2D eigenvalue weighted by Gasteiger charge is -2.33. The molecule has 2 aliphatic rings. The third kappa shape index (κ3) is 4.82. The van der Waals surface area contributed by atoms with Crippen LogP contribution in [-0.4, -0.2) is 53.6 Å². The van der Waals surface area contributed by atoms with Gasteiger partial charge in [-0.1, -0.05) is 49.4 Å². The van der Waals surface area contributed by atoms with Crippen molar-refractivity contribution in [3.63, 3.8) is 0 Å². The largest absolute Gasteiger partial charge is 0.466 e. The molecule has 1 aromatic carbocycles.